The molecule has 1 fully saturated rings. The molecule has 1 aromatic heterocycles. The van der Waals surface area contributed by atoms with Crippen molar-refractivity contribution in [1.82, 2.24) is 15.2 Å². The number of carbonyl (C=O) groups excluding carboxylic acids is 2. The topological polar surface area (TPSA) is 80.8 Å². The van der Waals surface area contributed by atoms with E-state index in [9.17, 15) is 9.59 Å². The SMILES string of the molecule is COc1cccc(C(=O)N2CC(C(=O)NCc3cccnc3)C(c3cccc(OC)c3)C2)c1. The standard InChI is InChI=1S/C26H27N3O4/c1-32-21-9-3-7-19(12-21)23-16-29(26(31)20-8-4-10-22(13-20)33-2)17-24(23)25(30)28-15-18-6-5-11-27-14-18/h3-14,23-24H,15-17H2,1-2H3,(H,28,30). The zero-order valence-corrected chi connectivity index (χ0v) is 18.7. The summed E-state index contributed by atoms with van der Waals surface area (Å²) >= 11 is 0. The zero-order valence-electron chi connectivity index (χ0n) is 18.7. The summed E-state index contributed by atoms with van der Waals surface area (Å²) in [5, 5.41) is 3.02. The van der Waals surface area contributed by atoms with Crippen LogP contribution in [0.4, 0.5) is 0 Å². The first-order valence-corrected chi connectivity index (χ1v) is 10.8. The molecule has 170 valence electrons. The van der Waals surface area contributed by atoms with Crippen molar-refractivity contribution in [3.05, 3.63) is 89.7 Å². The minimum atomic E-state index is -0.386. The summed E-state index contributed by atoms with van der Waals surface area (Å²) in [5.41, 5.74) is 2.43. The first kappa shape index (κ1) is 22.3. The summed E-state index contributed by atoms with van der Waals surface area (Å²) in [6, 6.07) is 18.5. The highest BCUT2D eigenvalue weighted by Gasteiger charge is 2.40. The Morgan fingerprint density at radius 1 is 1.00 bits per heavy atom. The molecule has 0 spiro atoms. The molecular formula is C26H27N3O4. The Morgan fingerprint density at radius 2 is 1.76 bits per heavy atom. The average molecular weight is 446 g/mol. The fourth-order valence-corrected chi connectivity index (χ4v) is 4.21. The number of ether oxygens (including phenoxy) is 2. The van der Waals surface area contributed by atoms with Crippen LogP contribution in [0, 0.1) is 5.92 Å². The van der Waals surface area contributed by atoms with E-state index >= 15 is 0 Å². The van der Waals surface area contributed by atoms with Crippen molar-refractivity contribution < 1.29 is 19.1 Å². The number of hydrogen-bond donors (Lipinski definition) is 1. The Hall–Kier alpha value is -3.87. The van der Waals surface area contributed by atoms with Gasteiger partial charge in [-0.15, -0.1) is 0 Å². The van der Waals surface area contributed by atoms with Crippen molar-refractivity contribution in [3.63, 3.8) is 0 Å². The van der Waals surface area contributed by atoms with E-state index in [2.05, 4.69) is 10.3 Å². The number of aromatic nitrogens is 1. The van der Waals surface area contributed by atoms with Gasteiger partial charge in [-0.2, -0.15) is 0 Å². The van der Waals surface area contributed by atoms with Crippen molar-refractivity contribution in [2.45, 2.75) is 12.5 Å². The minimum absolute atomic E-state index is 0.0902. The van der Waals surface area contributed by atoms with Crippen LogP contribution in [-0.2, 0) is 11.3 Å². The van der Waals surface area contributed by atoms with Crippen LogP contribution in [0.1, 0.15) is 27.4 Å². The van der Waals surface area contributed by atoms with Crippen LogP contribution in [0.25, 0.3) is 0 Å². The molecule has 0 aliphatic carbocycles. The Kier molecular flexibility index (Phi) is 6.88. The van der Waals surface area contributed by atoms with Crippen molar-refractivity contribution >= 4 is 11.8 Å². The predicted molar refractivity (Wildman–Crippen MR) is 124 cm³/mol. The third-order valence-electron chi connectivity index (χ3n) is 5.97. The van der Waals surface area contributed by atoms with Gasteiger partial charge in [0.25, 0.3) is 5.91 Å². The van der Waals surface area contributed by atoms with Crippen molar-refractivity contribution in [1.29, 1.82) is 0 Å². The highest BCUT2D eigenvalue weighted by atomic mass is 16.5. The second kappa shape index (κ2) is 10.2. The molecule has 2 unspecified atom stereocenters. The first-order chi connectivity index (χ1) is 16.1. The molecule has 2 amide bonds. The molecule has 1 aliphatic rings. The van der Waals surface area contributed by atoms with Crippen molar-refractivity contribution in [3.8, 4) is 11.5 Å². The van der Waals surface area contributed by atoms with Crippen LogP contribution in [-0.4, -0.2) is 49.0 Å². The monoisotopic (exact) mass is 445 g/mol. The fourth-order valence-electron chi connectivity index (χ4n) is 4.21. The Balaban J connectivity index is 1.57. The van der Waals surface area contributed by atoms with Gasteiger partial charge in [0.1, 0.15) is 11.5 Å². The molecule has 33 heavy (non-hydrogen) atoms. The number of pyridine rings is 1. The van der Waals surface area contributed by atoms with Gasteiger partial charge in [0, 0.05) is 43.5 Å². The van der Waals surface area contributed by atoms with Crippen LogP contribution in [0.3, 0.4) is 0 Å². The fraction of sp³-hybridized carbons (Fsp3) is 0.269. The lowest BCUT2D eigenvalue weighted by atomic mass is 9.88. The summed E-state index contributed by atoms with van der Waals surface area (Å²) in [5.74, 6) is 0.596. The Labute approximate surface area is 193 Å². The Bertz CT molecular complexity index is 1120. The smallest absolute Gasteiger partial charge is 0.254 e. The number of benzene rings is 2. The molecule has 7 heteroatoms. The summed E-state index contributed by atoms with van der Waals surface area (Å²) in [7, 11) is 3.19. The molecule has 3 aromatic rings. The molecule has 2 heterocycles. The van der Waals surface area contributed by atoms with Gasteiger partial charge in [-0.3, -0.25) is 14.6 Å². The maximum atomic E-state index is 13.3. The molecule has 1 N–H and O–H groups in total. The van der Waals surface area contributed by atoms with E-state index < -0.39 is 0 Å². The van der Waals surface area contributed by atoms with Crippen LogP contribution in [0.2, 0.25) is 0 Å². The molecule has 0 radical (unpaired) electrons. The van der Waals surface area contributed by atoms with Gasteiger partial charge in [-0.1, -0.05) is 24.3 Å². The number of rotatable bonds is 7. The summed E-state index contributed by atoms with van der Waals surface area (Å²) in [6.45, 7) is 1.16. The summed E-state index contributed by atoms with van der Waals surface area (Å²) < 4.78 is 10.6. The number of hydrogen-bond acceptors (Lipinski definition) is 5. The number of likely N-dealkylation sites (tertiary alicyclic amines) is 1. The highest BCUT2D eigenvalue weighted by Crippen LogP contribution is 2.35. The van der Waals surface area contributed by atoms with Gasteiger partial charge in [0.15, 0.2) is 0 Å². The molecular weight excluding hydrogens is 418 g/mol. The Morgan fingerprint density at radius 3 is 2.48 bits per heavy atom. The molecule has 2 atom stereocenters. The van der Waals surface area contributed by atoms with E-state index in [0.717, 1.165) is 16.9 Å². The van der Waals surface area contributed by atoms with Crippen LogP contribution < -0.4 is 14.8 Å². The number of amides is 2. The second-order valence-corrected chi connectivity index (χ2v) is 8.01. The molecule has 1 saturated heterocycles. The summed E-state index contributed by atoms with van der Waals surface area (Å²) in [4.78, 5) is 32.3. The van der Waals surface area contributed by atoms with Gasteiger partial charge in [0.2, 0.25) is 5.91 Å². The normalized spacial score (nSPS) is 17.5. The lowest BCUT2D eigenvalue weighted by Gasteiger charge is -2.18. The van der Waals surface area contributed by atoms with Gasteiger partial charge < -0.3 is 19.7 Å². The van der Waals surface area contributed by atoms with Crippen LogP contribution >= 0.6 is 0 Å². The van der Waals surface area contributed by atoms with Gasteiger partial charge in [0.05, 0.1) is 20.1 Å². The third-order valence-corrected chi connectivity index (χ3v) is 5.97. The predicted octanol–water partition coefficient (Wildman–Crippen LogP) is 3.27. The summed E-state index contributed by atoms with van der Waals surface area (Å²) in [6.07, 6.45) is 3.43. The van der Waals surface area contributed by atoms with E-state index in [1.54, 1.807) is 55.8 Å². The van der Waals surface area contributed by atoms with Gasteiger partial charge in [-0.25, -0.2) is 0 Å². The highest BCUT2D eigenvalue weighted by molar-refractivity contribution is 5.95. The van der Waals surface area contributed by atoms with Crippen molar-refractivity contribution in [2.24, 2.45) is 5.92 Å². The lowest BCUT2D eigenvalue weighted by Crippen LogP contribution is -2.35. The quantitative estimate of drug-likeness (QED) is 0.604. The van der Waals surface area contributed by atoms with E-state index in [0.29, 0.717) is 30.9 Å². The second-order valence-electron chi connectivity index (χ2n) is 8.01. The van der Waals surface area contributed by atoms with Crippen LogP contribution in [0.5, 0.6) is 11.5 Å². The molecule has 7 nitrogen and oxygen atoms in total. The molecule has 1 aliphatic heterocycles. The molecule has 0 bridgehead atoms. The number of carbonyl (C=O) groups is 2. The average Bonchev–Trinajstić information content (AvgIpc) is 3.33. The van der Waals surface area contributed by atoms with Gasteiger partial charge >= 0.3 is 0 Å². The maximum absolute atomic E-state index is 13.3. The third kappa shape index (κ3) is 5.14. The van der Waals surface area contributed by atoms with E-state index in [1.165, 1.54) is 0 Å². The molecule has 2 aromatic carbocycles. The van der Waals surface area contributed by atoms with Gasteiger partial charge in [-0.05, 0) is 47.5 Å². The van der Waals surface area contributed by atoms with Crippen LogP contribution in [0.15, 0.2) is 73.1 Å². The van der Waals surface area contributed by atoms with Crippen molar-refractivity contribution in [2.75, 3.05) is 27.3 Å². The number of methoxy groups -OCH3 is 2. The largest absolute Gasteiger partial charge is 0.497 e. The number of nitrogens with zero attached hydrogens (tertiary/aromatic N) is 2. The lowest BCUT2D eigenvalue weighted by molar-refractivity contribution is -0.125. The maximum Gasteiger partial charge on any atom is 0.254 e. The molecule has 4 rings (SSSR count). The van der Waals surface area contributed by atoms with E-state index in [-0.39, 0.29) is 23.7 Å². The van der Waals surface area contributed by atoms with E-state index in [1.807, 2.05) is 36.4 Å². The minimum Gasteiger partial charge on any atom is -0.497 e. The number of nitrogens with one attached hydrogen (secondary N) is 1. The first-order valence-electron chi connectivity index (χ1n) is 10.8. The van der Waals surface area contributed by atoms with E-state index in [4.69, 9.17) is 9.47 Å². The zero-order chi connectivity index (χ0) is 23.2. The molecule has 0 saturated carbocycles.